The lowest BCUT2D eigenvalue weighted by Gasteiger charge is -1.73. The van der Waals surface area contributed by atoms with E-state index in [9.17, 15) is 0 Å². The third-order valence-electron chi connectivity index (χ3n) is 0.159. The molecule has 0 aromatic carbocycles. The Morgan fingerprint density at radius 2 is 2.00 bits per heavy atom. The van der Waals surface area contributed by atoms with Gasteiger partial charge in [0.1, 0.15) is 0 Å². The highest BCUT2D eigenvalue weighted by molar-refractivity contribution is 9.11. The highest BCUT2D eigenvalue weighted by atomic mass is 79.9. The summed E-state index contributed by atoms with van der Waals surface area (Å²) in [6, 6.07) is 0. The zero-order valence-corrected chi connectivity index (χ0v) is 4.20. The Kier molecular flexibility index (Phi) is 2.01. The van der Waals surface area contributed by atoms with E-state index < -0.39 is 0 Å². The Balaban J connectivity index is 3.14. The first kappa shape index (κ1) is 4.82. The first-order valence-electron chi connectivity index (χ1n) is 1.10. The van der Waals surface area contributed by atoms with Crippen LogP contribution in [0.1, 0.15) is 0 Å². The lowest BCUT2D eigenvalue weighted by atomic mass is 11.0. The fourth-order valence-electron chi connectivity index (χ4n) is 0. The molecule has 3 heteroatoms. The van der Waals surface area contributed by atoms with Crippen molar-refractivity contribution >= 4 is 15.9 Å². The van der Waals surface area contributed by atoms with Gasteiger partial charge in [-0.3, -0.25) is 0 Å². The predicted molar refractivity (Wildman–Crippen MR) is 25.4 cm³/mol. The van der Waals surface area contributed by atoms with Crippen molar-refractivity contribution in [3.05, 3.63) is 10.8 Å². The van der Waals surface area contributed by atoms with Gasteiger partial charge in [0, 0.05) is 6.20 Å². The third-order valence-corrected chi connectivity index (χ3v) is 0.424. The summed E-state index contributed by atoms with van der Waals surface area (Å²) in [5, 5.41) is 0. The molecule has 0 saturated heterocycles. The van der Waals surface area contributed by atoms with E-state index >= 15 is 0 Å². The van der Waals surface area contributed by atoms with Crippen molar-refractivity contribution < 1.29 is 0 Å². The molecule has 0 unspecified atom stereocenters. The SMILES string of the molecule is N/C=C(/N)Br. The van der Waals surface area contributed by atoms with Gasteiger partial charge in [0.15, 0.2) is 0 Å². The number of hydrogen-bond donors (Lipinski definition) is 2. The molecule has 0 spiro atoms. The van der Waals surface area contributed by atoms with Gasteiger partial charge in [-0.05, 0) is 15.9 Å². The second-order valence-electron chi connectivity index (χ2n) is 0.552. The minimum atomic E-state index is 0.470. The van der Waals surface area contributed by atoms with Crippen LogP contribution in [0.3, 0.4) is 0 Å². The highest BCUT2D eigenvalue weighted by Crippen LogP contribution is 1.86. The summed E-state index contributed by atoms with van der Waals surface area (Å²) in [7, 11) is 0. The van der Waals surface area contributed by atoms with Crippen molar-refractivity contribution in [2.75, 3.05) is 0 Å². The van der Waals surface area contributed by atoms with Crippen LogP contribution >= 0.6 is 15.9 Å². The largest absolute Gasteiger partial charge is 0.403 e. The molecule has 30 valence electrons. The van der Waals surface area contributed by atoms with Crippen molar-refractivity contribution in [1.82, 2.24) is 0 Å². The van der Waals surface area contributed by atoms with Crippen LogP contribution < -0.4 is 11.5 Å². The van der Waals surface area contributed by atoms with E-state index in [-0.39, 0.29) is 0 Å². The van der Waals surface area contributed by atoms with Gasteiger partial charge in [0.05, 0.1) is 4.61 Å². The number of hydrogen-bond acceptors (Lipinski definition) is 2. The monoisotopic (exact) mass is 136 g/mol. The fourth-order valence-corrected chi connectivity index (χ4v) is 0. The van der Waals surface area contributed by atoms with Crippen LogP contribution in [0.25, 0.3) is 0 Å². The molecule has 0 aliphatic carbocycles. The molecule has 0 radical (unpaired) electrons. The Morgan fingerprint density at radius 3 is 2.00 bits per heavy atom. The van der Waals surface area contributed by atoms with Gasteiger partial charge in [-0.2, -0.15) is 0 Å². The summed E-state index contributed by atoms with van der Waals surface area (Å²) < 4.78 is 0.470. The van der Waals surface area contributed by atoms with Crippen molar-refractivity contribution in [2.24, 2.45) is 11.5 Å². The lowest BCUT2D eigenvalue weighted by Crippen LogP contribution is -1.90. The first-order valence-corrected chi connectivity index (χ1v) is 1.89. The normalized spacial score (nSPS) is 11.8. The topological polar surface area (TPSA) is 52.0 Å². The van der Waals surface area contributed by atoms with Crippen LogP contribution in [0.5, 0.6) is 0 Å². The summed E-state index contributed by atoms with van der Waals surface area (Å²) >= 11 is 2.89. The molecule has 0 amide bonds. The molecular weight excluding hydrogens is 132 g/mol. The molecule has 0 rings (SSSR count). The van der Waals surface area contributed by atoms with Gasteiger partial charge < -0.3 is 11.5 Å². The quantitative estimate of drug-likeness (QED) is 0.465. The smallest absolute Gasteiger partial charge is 0.0911 e. The van der Waals surface area contributed by atoms with E-state index in [4.69, 9.17) is 11.5 Å². The maximum Gasteiger partial charge on any atom is 0.0911 e. The molecule has 4 N–H and O–H groups in total. The fraction of sp³-hybridized carbons (Fsp3) is 0. The molecule has 0 fully saturated rings. The molecule has 0 aromatic heterocycles. The van der Waals surface area contributed by atoms with Crippen LogP contribution in [0.15, 0.2) is 10.8 Å². The van der Waals surface area contributed by atoms with Crippen molar-refractivity contribution in [2.45, 2.75) is 0 Å². The molecule has 0 aromatic rings. The Labute approximate surface area is 39.0 Å². The highest BCUT2D eigenvalue weighted by Gasteiger charge is 1.63. The van der Waals surface area contributed by atoms with Gasteiger partial charge in [0.2, 0.25) is 0 Å². The van der Waals surface area contributed by atoms with Crippen molar-refractivity contribution in [1.29, 1.82) is 0 Å². The minimum absolute atomic E-state index is 0.470. The second-order valence-corrected chi connectivity index (χ2v) is 1.47. The van der Waals surface area contributed by atoms with Gasteiger partial charge in [0.25, 0.3) is 0 Å². The summed E-state index contributed by atoms with van der Waals surface area (Å²) in [6.07, 6.45) is 1.28. The van der Waals surface area contributed by atoms with E-state index in [1.54, 1.807) is 0 Å². The van der Waals surface area contributed by atoms with Gasteiger partial charge in [-0.25, -0.2) is 0 Å². The zero-order valence-electron chi connectivity index (χ0n) is 2.61. The van der Waals surface area contributed by atoms with Crippen LogP contribution in [0, 0.1) is 0 Å². The molecule has 0 bridgehead atoms. The van der Waals surface area contributed by atoms with E-state index in [2.05, 4.69) is 15.9 Å². The molecule has 0 saturated carbocycles. The molecule has 0 heterocycles. The van der Waals surface area contributed by atoms with Crippen LogP contribution in [-0.2, 0) is 0 Å². The summed E-state index contributed by atoms with van der Waals surface area (Å²) in [5.41, 5.74) is 9.78. The third kappa shape index (κ3) is 3.82. The van der Waals surface area contributed by atoms with E-state index in [1.807, 2.05) is 0 Å². The Morgan fingerprint density at radius 1 is 1.80 bits per heavy atom. The van der Waals surface area contributed by atoms with Gasteiger partial charge in [-0.15, -0.1) is 0 Å². The molecular formula is C2H5BrN2. The first-order chi connectivity index (χ1) is 2.27. The summed E-state index contributed by atoms with van der Waals surface area (Å²) in [4.78, 5) is 0. The number of halogens is 1. The minimum Gasteiger partial charge on any atom is -0.403 e. The van der Waals surface area contributed by atoms with Crippen LogP contribution in [0.4, 0.5) is 0 Å². The molecule has 0 atom stereocenters. The summed E-state index contributed by atoms with van der Waals surface area (Å²) in [6.45, 7) is 0. The van der Waals surface area contributed by atoms with Gasteiger partial charge in [-0.1, -0.05) is 0 Å². The number of nitrogens with two attached hydrogens (primary N) is 2. The zero-order chi connectivity index (χ0) is 4.28. The average molecular weight is 137 g/mol. The van der Waals surface area contributed by atoms with Crippen molar-refractivity contribution in [3.8, 4) is 0 Å². The van der Waals surface area contributed by atoms with Crippen LogP contribution in [-0.4, -0.2) is 0 Å². The lowest BCUT2D eigenvalue weighted by molar-refractivity contribution is 1.47. The van der Waals surface area contributed by atoms with Crippen molar-refractivity contribution in [3.63, 3.8) is 0 Å². The molecule has 2 nitrogen and oxygen atoms in total. The second kappa shape index (κ2) is 2.08. The van der Waals surface area contributed by atoms with E-state index in [0.29, 0.717) is 4.61 Å². The van der Waals surface area contributed by atoms with E-state index in [1.165, 1.54) is 6.20 Å². The predicted octanol–water partition coefficient (Wildman–Crippen LogP) is 0.0976. The Hall–Kier alpha value is -0.180. The van der Waals surface area contributed by atoms with E-state index in [0.717, 1.165) is 0 Å². The average Bonchev–Trinajstić information content (AvgIpc) is 1.38. The maximum absolute atomic E-state index is 4.94. The Bertz CT molecular complexity index is 45.6. The van der Waals surface area contributed by atoms with Gasteiger partial charge >= 0.3 is 0 Å². The molecule has 0 aliphatic rings. The van der Waals surface area contributed by atoms with Crippen LogP contribution in [0.2, 0.25) is 0 Å². The number of rotatable bonds is 0. The molecule has 5 heavy (non-hydrogen) atoms. The standard InChI is InChI=1S/C2H5BrN2/c3-2(5)1-4/h1H,4-5H2/b2-1+. The maximum atomic E-state index is 4.94. The molecule has 0 aliphatic heterocycles. The summed E-state index contributed by atoms with van der Waals surface area (Å²) in [5.74, 6) is 0.